The molecule has 1 aromatic rings. The maximum atomic E-state index is 9.07. The van der Waals surface area contributed by atoms with Crippen LogP contribution in [0, 0.1) is 3.57 Å². The predicted octanol–water partition coefficient (Wildman–Crippen LogP) is 1.41. The molecule has 2 rings (SSSR count). The van der Waals surface area contributed by atoms with Crippen LogP contribution in [0.15, 0.2) is 36.3 Å². The molecule has 74 valence electrons. The number of nitrogens with two attached hydrogens (primary N) is 1. The summed E-state index contributed by atoms with van der Waals surface area (Å²) in [5, 5.41) is 11.0. The number of hydrogen-bond donors (Lipinski definition) is 2. The Morgan fingerprint density at radius 1 is 1.43 bits per heavy atom. The highest BCUT2D eigenvalue weighted by atomic mass is 127. The second kappa shape index (κ2) is 3.64. The molecule has 0 aromatic heterocycles. The van der Waals surface area contributed by atoms with Gasteiger partial charge in [0, 0.05) is 3.57 Å². The summed E-state index contributed by atoms with van der Waals surface area (Å²) in [6, 6.07) is 7.61. The summed E-state index contributed by atoms with van der Waals surface area (Å²) in [5.74, 6) is 0.142. The van der Waals surface area contributed by atoms with Crippen molar-refractivity contribution in [2.75, 3.05) is 5.06 Å². The SMILES string of the molecule is NC1=CN(c2cccc(I)c2)ON1O. The maximum Gasteiger partial charge on any atom is 0.176 e. The predicted molar refractivity (Wildman–Crippen MR) is 58.6 cm³/mol. The van der Waals surface area contributed by atoms with E-state index in [2.05, 4.69) is 22.6 Å². The lowest BCUT2D eigenvalue weighted by Crippen LogP contribution is -2.22. The number of benzene rings is 1. The largest absolute Gasteiger partial charge is 0.380 e. The Balaban J connectivity index is 2.26. The minimum Gasteiger partial charge on any atom is -0.380 e. The molecule has 0 atom stereocenters. The van der Waals surface area contributed by atoms with Gasteiger partial charge < -0.3 is 5.73 Å². The lowest BCUT2D eigenvalue weighted by molar-refractivity contribution is -0.304. The first-order valence-corrected chi connectivity index (χ1v) is 4.94. The van der Waals surface area contributed by atoms with E-state index in [9.17, 15) is 0 Å². The molecular formula is C8H8IN3O2. The summed E-state index contributed by atoms with van der Waals surface area (Å²) >= 11 is 2.19. The first kappa shape index (κ1) is 9.56. The van der Waals surface area contributed by atoms with Gasteiger partial charge >= 0.3 is 0 Å². The van der Waals surface area contributed by atoms with Gasteiger partial charge in [-0.1, -0.05) is 11.3 Å². The van der Waals surface area contributed by atoms with Crippen LogP contribution in [0.25, 0.3) is 0 Å². The van der Waals surface area contributed by atoms with Crippen LogP contribution in [0.5, 0.6) is 0 Å². The maximum absolute atomic E-state index is 9.07. The van der Waals surface area contributed by atoms with Crippen LogP contribution in [0.2, 0.25) is 0 Å². The second-order valence-corrected chi connectivity index (χ2v) is 3.96. The third-order valence-corrected chi connectivity index (χ3v) is 2.37. The standard InChI is InChI=1S/C8H8IN3O2/c9-6-2-1-3-7(4-6)11-5-8(10)12(13)14-11/h1-5,13H,10H2. The van der Waals surface area contributed by atoms with Crippen molar-refractivity contribution >= 4 is 28.3 Å². The third kappa shape index (κ3) is 1.76. The van der Waals surface area contributed by atoms with Crippen LogP contribution in [-0.2, 0) is 4.94 Å². The van der Waals surface area contributed by atoms with Crippen molar-refractivity contribution in [3.63, 3.8) is 0 Å². The molecule has 1 aliphatic rings. The molecule has 0 saturated carbocycles. The Morgan fingerprint density at radius 2 is 2.21 bits per heavy atom. The molecule has 1 heterocycles. The zero-order chi connectivity index (χ0) is 10.1. The Bertz CT molecular complexity index is 383. The molecule has 0 fully saturated rings. The number of hydrogen-bond acceptors (Lipinski definition) is 5. The van der Waals surface area contributed by atoms with Crippen LogP contribution in [0.4, 0.5) is 5.69 Å². The third-order valence-electron chi connectivity index (χ3n) is 1.70. The van der Waals surface area contributed by atoms with Gasteiger partial charge in [0.05, 0.1) is 11.9 Å². The van der Waals surface area contributed by atoms with Gasteiger partial charge in [-0.3, -0.25) is 5.21 Å². The van der Waals surface area contributed by atoms with Gasteiger partial charge in [-0.05, 0) is 40.8 Å². The first-order chi connectivity index (χ1) is 6.66. The van der Waals surface area contributed by atoms with E-state index in [0.29, 0.717) is 5.23 Å². The fourth-order valence-corrected chi connectivity index (χ4v) is 1.59. The molecular weight excluding hydrogens is 297 g/mol. The van der Waals surface area contributed by atoms with E-state index in [-0.39, 0.29) is 5.82 Å². The van der Waals surface area contributed by atoms with Crippen LogP contribution in [0.1, 0.15) is 0 Å². The molecule has 0 bridgehead atoms. The fraction of sp³-hybridized carbons (Fsp3) is 0. The van der Waals surface area contributed by atoms with Crippen molar-refractivity contribution in [3.8, 4) is 0 Å². The normalized spacial score (nSPS) is 16.0. The molecule has 0 aliphatic carbocycles. The van der Waals surface area contributed by atoms with Crippen LogP contribution < -0.4 is 10.8 Å². The second-order valence-electron chi connectivity index (χ2n) is 2.71. The lowest BCUT2D eigenvalue weighted by Gasteiger charge is -2.15. The minimum atomic E-state index is 0.142. The van der Waals surface area contributed by atoms with Gasteiger partial charge in [-0.25, -0.2) is 0 Å². The molecule has 0 radical (unpaired) electrons. The molecule has 0 spiro atoms. The summed E-state index contributed by atoms with van der Waals surface area (Å²) in [6.45, 7) is 0. The van der Waals surface area contributed by atoms with Crippen molar-refractivity contribution in [1.29, 1.82) is 0 Å². The van der Waals surface area contributed by atoms with E-state index in [4.69, 9.17) is 15.9 Å². The molecule has 1 aliphatic heterocycles. The van der Waals surface area contributed by atoms with E-state index in [1.807, 2.05) is 24.3 Å². The van der Waals surface area contributed by atoms with Gasteiger partial charge in [0.25, 0.3) is 0 Å². The average molecular weight is 305 g/mol. The summed E-state index contributed by atoms with van der Waals surface area (Å²) < 4.78 is 1.08. The molecule has 6 heteroatoms. The van der Waals surface area contributed by atoms with E-state index in [0.717, 1.165) is 9.26 Å². The summed E-state index contributed by atoms with van der Waals surface area (Å²) in [7, 11) is 0. The number of rotatable bonds is 1. The smallest absolute Gasteiger partial charge is 0.176 e. The molecule has 0 saturated heterocycles. The Labute approximate surface area is 94.4 Å². The van der Waals surface area contributed by atoms with Crippen molar-refractivity contribution in [1.82, 2.24) is 5.23 Å². The average Bonchev–Trinajstić information content (AvgIpc) is 2.47. The number of nitrogens with zero attached hydrogens (tertiary/aromatic N) is 2. The highest BCUT2D eigenvalue weighted by Crippen LogP contribution is 2.22. The van der Waals surface area contributed by atoms with Crippen LogP contribution in [-0.4, -0.2) is 10.4 Å². The molecule has 5 nitrogen and oxygen atoms in total. The Kier molecular flexibility index (Phi) is 2.48. The fourth-order valence-electron chi connectivity index (χ4n) is 1.06. The molecule has 0 amide bonds. The van der Waals surface area contributed by atoms with Crippen molar-refractivity contribution in [2.45, 2.75) is 0 Å². The number of anilines is 1. The van der Waals surface area contributed by atoms with Gasteiger partial charge in [-0.15, -0.1) is 4.94 Å². The van der Waals surface area contributed by atoms with Crippen molar-refractivity contribution in [3.05, 3.63) is 39.9 Å². The van der Waals surface area contributed by atoms with Gasteiger partial charge in [-0.2, -0.15) is 5.06 Å². The van der Waals surface area contributed by atoms with Crippen LogP contribution in [0.3, 0.4) is 0 Å². The summed E-state index contributed by atoms with van der Waals surface area (Å²) in [6.07, 6.45) is 1.49. The van der Waals surface area contributed by atoms with E-state index in [1.165, 1.54) is 11.3 Å². The first-order valence-electron chi connectivity index (χ1n) is 3.86. The van der Waals surface area contributed by atoms with Crippen molar-refractivity contribution < 1.29 is 10.1 Å². The van der Waals surface area contributed by atoms with E-state index in [1.54, 1.807) is 0 Å². The van der Waals surface area contributed by atoms with E-state index >= 15 is 0 Å². The lowest BCUT2D eigenvalue weighted by atomic mass is 10.3. The highest BCUT2D eigenvalue weighted by Gasteiger charge is 2.19. The molecule has 1 aromatic carbocycles. The Morgan fingerprint density at radius 3 is 2.79 bits per heavy atom. The molecule has 14 heavy (non-hydrogen) atoms. The topological polar surface area (TPSA) is 62.0 Å². The minimum absolute atomic E-state index is 0.142. The van der Waals surface area contributed by atoms with Gasteiger partial charge in [0.2, 0.25) is 0 Å². The van der Waals surface area contributed by atoms with Gasteiger partial charge in [0.1, 0.15) is 0 Å². The highest BCUT2D eigenvalue weighted by molar-refractivity contribution is 14.1. The zero-order valence-corrected chi connectivity index (χ0v) is 9.25. The quantitative estimate of drug-likeness (QED) is 0.768. The number of hydroxylamine groups is 3. The Hall–Kier alpha value is -0.990. The number of halogens is 1. The molecule has 0 unspecified atom stereocenters. The van der Waals surface area contributed by atoms with Crippen LogP contribution >= 0.6 is 22.6 Å². The van der Waals surface area contributed by atoms with E-state index < -0.39 is 0 Å². The zero-order valence-electron chi connectivity index (χ0n) is 7.09. The monoisotopic (exact) mass is 305 g/mol. The summed E-state index contributed by atoms with van der Waals surface area (Å²) in [5.41, 5.74) is 6.21. The van der Waals surface area contributed by atoms with Gasteiger partial charge in [0.15, 0.2) is 5.82 Å². The molecule has 3 N–H and O–H groups in total. The summed E-state index contributed by atoms with van der Waals surface area (Å²) in [4.78, 5) is 4.92. The van der Waals surface area contributed by atoms with Crippen molar-refractivity contribution in [2.24, 2.45) is 5.73 Å².